The quantitative estimate of drug-likeness (QED) is 0.791. The number of nitrogens with one attached hydrogen (secondary N) is 1. The van der Waals surface area contributed by atoms with Crippen molar-refractivity contribution in [3.63, 3.8) is 0 Å². The molecule has 0 saturated carbocycles. The zero-order valence-electron chi connectivity index (χ0n) is 14.3. The predicted octanol–water partition coefficient (Wildman–Crippen LogP) is 1.85. The number of aryl methyl sites for hydroxylation is 1. The second kappa shape index (κ2) is 6.75. The molecule has 2 heterocycles. The summed E-state index contributed by atoms with van der Waals surface area (Å²) in [7, 11) is 0. The monoisotopic (exact) mass is 328 g/mol. The lowest BCUT2D eigenvalue weighted by molar-refractivity contribution is 0.385. The summed E-state index contributed by atoms with van der Waals surface area (Å²) in [4.78, 5) is 17.7. The number of epoxide rings is 1. The fraction of sp³-hybridized carbons (Fsp3) is 0.444. The Balaban J connectivity index is 1.99. The van der Waals surface area contributed by atoms with Crippen molar-refractivity contribution >= 4 is 5.69 Å². The molecule has 24 heavy (non-hydrogen) atoms. The van der Waals surface area contributed by atoms with Gasteiger partial charge in [0.2, 0.25) is 0 Å². The Kier molecular flexibility index (Phi) is 4.69. The highest BCUT2D eigenvalue weighted by Crippen LogP contribution is 2.22. The second-order valence-electron chi connectivity index (χ2n) is 6.62. The molecule has 3 rings (SSSR count). The molecule has 6 nitrogen and oxygen atoms in total. The van der Waals surface area contributed by atoms with Crippen LogP contribution in [0.3, 0.4) is 0 Å². The molecule has 128 valence electrons. The summed E-state index contributed by atoms with van der Waals surface area (Å²) in [5.74, 6) is 1.11. The molecule has 2 atom stereocenters. The molecular formula is C18H24N4O2. The summed E-state index contributed by atoms with van der Waals surface area (Å²) in [6.45, 7) is 6.58. The Labute approximate surface area is 141 Å². The fourth-order valence-electron chi connectivity index (χ4n) is 2.73. The van der Waals surface area contributed by atoms with E-state index < -0.39 is 0 Å². The van der Waals surface area contributed by atoms with E-state index >= 15 is 0 Å². The Morgan fingerprint density at radius 2 is 2.00 bits per heavy atom. The lowest BCUT2D eigenvalue weighted by Crippen LogP contribution is -2.31. The smallest absolute Gasteiger partial charge is 0.277 e. The van der Waals surface area contributed by atoms with Gasteiger partial charge in [-0.1, -0.05) is 44.2 Å². The van der Waals surface area contributed by atoms with Crippen LogP contribution in [0.5, 0.6) is 0 Å². The molecule has 1 saturated heterocycles. The number of hydrogen-bond donors (Lipinski definition) is 2. The number of anilines is 1. The molecule has 0 spiro atoms. The van der Waals surface area contributed by atoms with E-state index in [2.05, 4.69) is 24.1 Å². The van der Waals surface area contributed by atoms with Gasteiger partial charge in [0.15, 0.2) is 12.5 Å². The van der Waals surface area contributed by atoms with Gasteiger partial charge in [-0.3, -0.25) is 9.36 Å². The van der Waals surface area contributed by atoms with E-state index in [0.717, 1.165) is 17.7 Å². The molecule has 6 heteroatoms. The number of benzene rings is 1. The summed E-state index contributed by atoms with van der Waals surface area (Å²) in [6.07, 6.45) is 0.0606. The van der Waals surface area contributed by atoms with Gasteiger partial charge in [0.25, 0.3) is 5.56 Å². The molecule has 0 aliphatic carbocycles. The third kappa shape index (κ3) is 3.66. The highest BCUT2D eigenvalue weighted by molar-refractivity contribution is 5.48. The molecule has 1 aromatic heterocycles. The van der Waals surface area contributed by atoms with Gasteiger partial charge in [0, 0.05) is 0 Å². The standard InChI is InChI=1S/C18H24N4O2/c1-11(2)9-14-15(21-17-16(19)24-17)18(23)22(12(3)20-14)10-13-7-5-4-6-8-13/h4-8,11,16-17,21H,9-10,19H2,1-3H3. The minimum atomic E-state index is -0.361. The van der Waals surface area contributed by atoms with Crippen molar-refractivity contribution in [2.45, 2.75) is 46.2 Å². The van der Waals surface area contributed by atoms with Crippen molar-refractivity contribution < 1.29 is 4.74 Å². The van der Waals surface area contributed by atoms with E-state index in [9.17, 15) is 4.79 Å². The van der Waals surface area contributed by atoms with Gasteiger partial charge in [0.1, 0.15) is 11.5 Å². The topological polar surface area (TPSA) is 85.5 Å². The lowest BCUT2D eigenvalue weighted by atomic mass is 10.1. The van der Waals surface area contributed by atoms with Crippen LogP contribution < -0.4 is 16.6 Å². The van der Waals surface area contributed by atoms with E-state index in [1.54, 1.807) is 4.57 Å². The van der Waals surface area contributed by atoms with Crippen LogP contribution in [0, 0.1) is 12.8 Å². The second-order valence-corrected chi connectivity index (χ2v) is 6.62. The summed E-state index contributed by atoms with van der Waals surface area (Å²) in [5.41, 5.74) is 7.96. The first-order chi connectivity index (χ1) is 11.5. The third-order valence-corrected chi connectivity index (χ3v) is 4.03. The maximum absolute atomic E-state index is 13.0. The summed E-state index contributed by atoms with van der Waals surface area (Å²) in [6, 6.07) is 9.89. The van der Waals surface area contributed by atoms with Crippen LogP contribution in [0.25, 0.3) is 0 Å². The fourth-order valence-corrected chi connectivity index (χ4v) is 2.73. The van der Waals surface area contributed by atoms with Gasteiger partial charge in [0.05, 0.1) is 12.2 Å². The van der Waals surface area contributed by atoms with Crippen LogP contribution in [0.15, 0.2) is 35.1 Å². The van der Waals surface area contributed by atoms with Crippen molar-refractivity contribution in [1.29, 1.82) is 0 Å². The van der Waals surface area contributed by atoms with Gasteiger partial charge < -0.3 is 15.8 Å². The molecular weight excluding hydrogens is 304 g/mol. The van der Waals surface area contributed by atoms with E-state index in [0.29, 0.717) is 24.0 Å². The van der Waals surface area contributed by atoms with Gasteiger partial charge in [-0.2, -0.15) is 0 Å². The first-order valence-corrected chi connectivity index (χ1v) is 8.27. The van der Waals surface area contributed by atoms with Crippen molar-refractivity contribution in [3.05, 3.63) is 57.8 Å². The molecule has 1 aromatic carbocycles. The molecule has 0 bridgehead atoms. The molecule has 2 aromatic rings. The predicted molar refractivity (Wildman–Crippen MR) is 93.8 cm³/mol. The van der Waals surface area contributed by atoms with Crippen LogP contribution in [0.4, 0.5) is 5.69 Å². The molecule has 3 N–H and O–H groups in total. The first kappa shape index (κ1) is 16.7. The molecule has 1 aliphatic heterocycles. The van der Waals surface area contributed by atoms with E-state index in [4.69, 9.17) is 10.5 Å². The Bertz CT molecular complexity index is 771. The Morgan fingerprint density at radius 1 is 1.33 bits per heavy atom. The average molecular weight is 328 g/mol. The highest BCUT2D eigenvalue weighted by Gasteiger charge is 2.36. The number of nitrogens with zero attached hydrogens (tertiary/aromatic N) is 2. The number of ether oxygens (including phenoxy) is 1. The summed E-state index contributed by atoms with van der Waals surface area (Å²) < 4.78 is 6.90. The molecule has 2 unspecified atom stereocenters. The van der Waals surface area contributed by atoms with Crippen molar-refractivity contribution in [2.75, 3.05) is 5.32 Å². The molecule has 0 amide bonds. The molecule has 1 aliphatic rings. The maximum Gasteiger partial charge on any atom is 0.277 e. The minimum Gasteiger partial charge on any atom is -0.351 e. The van der Waals surface area contributed by atoms with Crippen LogP contribution >= 0.6 is 0 Å². The zero-order valence-corrected chi connectivity index (χ0v) is 14.3. The SMILES string of the molecule is Cc1nc(CC(C)C)c(NC2OC2N)c(=O)n1Cc1ccccc1. The summed E-state index contributed by atoms with van der Waals surface area (Å²) in [5, 5.41) is 3.12. The minimum absolute atomic E-state index is 0.0790. The largest absolute Gasteiger partial charge is 0.351 e. The van der Waals surface area contributed by atoms with Crippen molar-refractivity contribution in [2.24, 2.45) is 11.7 Å². The Morgan fingerprint density at radius 3 is 2.58 bits per heavy atom. The van der Waals surface area contributed by atoms with Crippen LogP contribution in [-0.4, -0.2) is 22.0 Å². The number of rotatable bonds is 6. The average Bonchev–Trinajstić information content (AvgIpc) is 3.23. The van der Waals surface area contributed by atoms with E-state index in [1.165, 1.54) is 0 Å². The number of nitrogens with two attached hydrogens (primary N) is 1. The zero-order chi connectivity index (χ0) is 17.3. The molecule has 1 fully saturated rings. The highest BCUT2D eigenvalue weighted by atomic mass is 16.6. The van der Waals surface area contributed by atoms with Crippen LogP contribution in [0.2, 0.25) is 0 Å². The van der Waals surface area contributed by atoms with E-state index in [1.807, 2.05) is 37.3 Å². The molecule has 0 radical (unpaired) electrons. The normalized spacial score (nSPS) is 19.5. The maximum atomic E-state index is 13.0. The number of aromatic nitrogens is 2. The lowest BCUT2D eigenvalue weighted by Gasteiger charge is -2.17. The van der Waals surface area contributed by atoms with E-state index in [-0.39, 0.29) is 18.0 Å². The van der Waals surface area contributed by atoms with Crippen LogP contribution in [-0.2, 0) is 17.7 Å². The van der Waals surface area contributed by atoms with Gasteiger partial charge >= 0.3 is 0 Å². The first-order valence-electron chi connectivity index (χ1n) is 8.27. The van der Waals surface area contributed by atoms with Crippen LogP contribution in [0.1, 0.15) is 30.9 Å². The third-order valence-electron chi connectivity index (χ3n) is 4.03. The summed E-state index contributed by atoms with van der Waals surface area (Å²) >= 11 is 0. The van der Waals surface area contributed by atoms with Gasteiger partial charge in [-0.15, -0.1) is 0 Å². The van der Waals surface area contributed by atoms with Crippen molar-refractivity contribution in [3.8, 4) is 0 Å². The van der Waals surface area contributed by atoms with Gasteiger partial charge in [-0.05, 0) is 24.8 Å². The van der Waals surface area contributed by atoms with Gasteiger partial charge in [-0.25, -0.2) is 4.98 Å². The van der Waals surface area contributed by atoms with Crippen molar-refractivity contribution in [1.82, 2.24) is 9.55 Å². The Hall–Kier alpha value is -2.18. The number of hydrogen-bond acceptors (Lipinski definition) is 5.